The number of urea groups is 1. The summed E-state index contributed by atoms with van der Waals surface area (Å²) in [5, 5.41) is 8.06. The van der Waals surface area contributed by atoms with Gasteiger partial charge in [0.1, 0.15) is 0 Å². The Bertz CT molecular complexity index is 765. The van der Waals surface area contributed by atoms with E-state index in [0.717, 1.165) is 0 Å². The predicted molar refractivity (Wildman–Crippen MR) is 99.5 cm³/mol. The first kappa shape index (κ1) is 18.9. The molecule has 0 aliphatic heterocycles. The molecule has 3 N–H and O–H groups in total. The SMILES string of the molecule is COc1cc(NC(=O)Nc2ccc(NC(C)=O)cc2)cc(OC)c1OC. The summed E-state index contributed by atoms with van der Waals surface area (Å²) in [6.07, 6.45) is 0. The molecule has 0 aliphatic rings. The van der Waals surface area contributed by atoms with Crippen LogP contribution >= 0.6 is 0 Å². The van der Waals surface area contributed by atoms with Crippen LogP contribution in [0.2, 0.25) is 0 Å². The lowest BCUT2D eigenvalue weighted by Crippen LogP contribution is -2.19. The highest BCUT2D eigenvalue weighted by Gasteiger charge is 2.14. The van der Waals surface area contributed by atoms with E-state index in [0.29, 0.717) is 34.3 Å². The van der Waals surface area contributed by atoms with Crippen molar-refractivity contribution in [2.24, 2.45) is 0 Å². The zero-order chi connectivity index (χ0) is 19.1. The molecule has 0 aromatic heterocycles. The number of carbonyl (C=O) groups excluding carboxylic acids is 2. The van der Waals surface area contributed by atoms with Crippen LogP contribution in [0, 0.1) is 0 Å². The molecule has 26 heavy (non-hydrogen) atoms. The molecular weight excluding hydrogens is 338 g/mol. The third kappa shape index (κ3) is 4.79. The molecule has 2 aromatic rings. The maximum Gasteiger partial charge on any atom is 0.323 e. The molecule has 8 heteroatoms. The Balaban J connectivity index is 2.08. The third-order valence-electron chi connectivity index (χ3n) is 3.39. The molecule has 0 fully saturated rings. The van der Waals surface area contributed by atoms with Crippen LogP contribution in [-0.4, -0.2) is 33.3 Å². The average Bonchev–Trinajstić information content (AvgIpc) is 2.61. The van der Waals surface area contributed by atoms with Crippen LogP contribution in [0.15, 0.2) is 36.4 Å². The lowest BCUT2D eigenvalue weighted by molar-refractivity contribution is -0.114. The van der Waals surface area contributed by atoms with E-state index in [1.54, 1.807) is 36.4 Å². The van der Waals surface area contributed by atoms with Crippen LogP contribution in [0.4, 0.5) is 21.9 Å². The maximum absolute atomic E-state index is 12.2. The van der Waals surface area contributed by atoms with Crippen LogP contribution in [0.5, 0.6) is 17.2 Å². The molecule has 0 radical (unpaired) electrons. The Labute approximate surface area is 151 Å². The van der Waals surface area contributed by atoms with Crippen molar-refractivity contribution in [2.45, 2.75) is 6.92 Å². The van der Waals surface area contributed by atoms with Crippen LogP contribution in [0.3, 0.4) is 0 Å². The number of amides is 3. The number of ether oxygens (including phenoxy) is 3. The molecule has 3 amide bonds. The highest BCUT2D eigenvalue weighted by atomic mass is 16.5. The van der Waals surface area contributed by atoms with Crippen molar-refractivity contribution in [3.8, 4) is 17.2 Å². The van der Waals surface area contributed by atoms with Crippen molar-refractivity contribution in [1.82, 2.24) is 0 Å². The van der Waals surface area contributed by atoms with E-state index in [4.69, 9.17) is 14.2 Å². The lowest BCUT2D eigenvalue weighted by atomic mass is 10.2. The first-order chi connectivity index (χ1) is 12.5. The number of nitrogens with one attached hydrogen (secondary N) is 3. The molecule has 0 saturated carbocycles. The summed E-state index contributed by atoms with van der Waals surface area (Å²) >= 11 is 0. The van der Waals surface area contributed by atoms with Crippen molar-refractivity contribution < 1.29 is 23.8 Å². The highest BCUT2D eigenvalue weighted by Crippen LogP contribution is 2.39. The van der Waals surface area contributed by atoms with Gasteiger partial charge >= 0.3 is 6.03 Å². The quantitative estimate of drug-likeness (QED) is 0.735. The van der Waals surface area contributed by atoms with Crippen molar-refractivity contribution in [3.63, 3.8) is 0 Å². The Kier molecular flexibility index (Phi) is 6.26. The second-order valence-corrected chi connectivity index (χ2v) is 5.25. The van der Waals surface area contributed by atoms with E-state index in [2.05, 4.69) is 16.0 Å². The Morgan fingerprint density at radius 2 is 1.19 bits per heavy atom. The van der Waals surface area contributed by atoms with Crippen LogP contribution in [-0.2, 0) is 4.79 Å². The van der Waals surface area contributed by atoms with Crippen LogP contribution < -0.4 is 30.2 Å². The zero-order valence-electron chi connectivity index (χ0n) is 15.0. The fourth-order valence-corrected chi connectivity index (χ4v) is 2.29. The van der Waals surface area contributed by atoms with Gasteiger partial charge in [-0.1, -0.05) is 0 Å². The largest absolute Gasteiger partial charge is 0.493 e. The van der Waals surface area contributed by atoms with Gasteiger partial charge in [-0.3, -0.25) is 4.79 Å². The normalized spacial score (nSPS) is 9.85. The van der Waals surface area contributed by atoms with Crippen molar-refractivity contribution in [2.75, 3.05) is 37.3 Å². The van der Waals surface area contributed by atoms with Gasteiger partial charge in [-0.05, 0) is 24.3 Å². The maximum atomic E-state index is 12.2. The molecule has 0 atom stereocenters. The van der Waals surface area contributed by atoms with Crippen molar-refractivity contribution in [1.29, 1.82) is 0 Å². The molecule has 0 bridgehead atoms. The number of carbonyl (C=O) groups is 2. The number of hydrogen-bond acceptors (Lipinski definition) is 5. The number of anilines is 3. The van der Waals surface area contributed by atoms with Crippen molar-refractivity contribution >= 4 is 29.0 Å². The van der Waals surface area contributed by atoms with Gasteiger partial charge in [-0.2, -0.15) is 0 Å². The average molecular weight is 359 g/mol. The minimum Gasteiger partial charge on any atom is -0.493 e. The fraction of sp³-hybridized carbons (Fsp3) is 0.222. The summed E-state index contributed by atoms with van der Waals surface area (Å²) in [7, 11) is 4.50. The van der Waals surface area contributed by atoms with Crippen LogP contribution in [0.1, 0.15) is 6.92 Å². The first-order valence-electron chi connectivity index (χ1n) is 7.72. The zero-order valence-corrected chi connectivity index (χ0v) is 15.0. The minimum absolute atomic E-state index is 0.161. The minimum atomic E-state index is -0.438. The summed E-state index contributed by atoms with van der Waals surface area (Å²) in [6, 6.07) is 9.56. The summed E-state index contributed by atoms with van der Waals surface area (Å²) in [4.78, 5) is 23.2. The lowest BCUT2D eigenvalue weighted by Gasteiger charge is -2.15. The van der Waals surface area contributed by atoms with Gasteiger partial charge in [0.2, 0.25) is 11.7 Å². The molecular formula is C18H21N3O5. The van der Waals surface area contributed by atoms with E-state index < -0.39 is 6.03 Å². The van der Waals surface area contributed by atoms with Gasteiger partial charge in [0.25, 0.3) is 0 Å². The second kappa shape index (κ2) is 8.61. The molecule has 2 aromatic carbocycles. The Hall–Kier alpha value is -3.42. The second-order valence-electron chi connectivity index (χ2n) is 5.25. The highest BCUT2D eigenvalue weighted by molar-refractivity contribution is 6.00. The standard InChI is InChI=1S/C18H21N3O5/c1-11(22)19-12-5-7-13(8-6-12)20-18(23)21-14-9-15(24-2)17(26-4)16(10-14)25-3/h5-10H,1-4H3,(H,19,22)(H2,20,21,23). The third-order valence-corrected chi connectivity index (χ3v) is 3.39. The molecule has 0 heterocycles. The molecule has 2 rings (SSSR count). The molecule has 0 saturated heterocycles. The summed E-state index contributed by atoms with van der Waals surface area (Å²) < 4.78 is 15.7. The molecule has 8 nitrogen and oxygen atoms in total. The predicted octanol–water partition coefficient (Wildman–Crippen LogP) is 3.31. The van der Waals surface area contributed by atoms with Crippen molar-refractivity contribution in [3.05, 3.63) is 36.4 Å². The van der Waals surface area contributed by atoms with E-state index >= 15 is 0 Å². The number of hydrogen-bond donors (Lipinski definition) is 3. The van der Waals surface area contributed by atoms with E-state index in [-0.39, 0.29) is 5.91 Å². The molecule has 138 valence electrons. The van der Waals surface area contributed by atoms with Gasteiger partial charge in [-0.15, -0.1) is 0 Å². The van der Waals surface area contributed by atoms with E-state index in [9.17, 15) is 9.59 Å². The van der Waals surface area contributed by atoms with Gasteiger partial charge in [0.05, 0.1) is 27.0 Å². The van der Waals surface area contributed by atoms with E-state index in [1.807, 2.05) is 0 Å². The summed E-state index contributed by atoms with van der Waals surface area (Å²) in [5.74, 6) is 1.14. The first-order valence-corrected chi connectivity index (χ1v) is 7.72. The fourth-order valence-electron chi connectivity index (χ4n) is 2.29. The monoisotopic (exact) mass is 359 g/mol. The van der Waals surface area contributed by atoms with Gasteiger partial charge < -0.3 is 30.2 Å². The summed E-state index contributed by atoms with van der Waals surface area (Å²) in [6.45, 7) is 1.43. The topological polar surface area (TPSA) is 97.9 Å². The molecule has 0 aliphatic carbocycles. The number of rotatable bonds is 6. The molecule has 0 spiro atoms. The number of benzene rings is 2. The van der Waals surface area contributed by atoms with Gasteiger partial charge in [-0.25, -0.2) is 4.79 Å². The Morgan fingerprint density at radius 3 is 1.62 bits per heavy atom. The number of methoxy groups -OCH3 is 3. The van der Waals surface area contributed by atoms with Gasteiger partial charge in [0, 0.05) is 30.4 Å². The van der Waals surface area contributed by atoms with Gasteiger partial charge in [0.15, 0.2) is 11.5 Å². The Morgan fingerprint density at radius 1 is 0.731 bits per heavy atom. The smallest absolute Gasteiger partial charge is 0.323 e. The van der Waals surface area contributed by atoms with Crippen LogP contribution in [0.25, 0.3) is 0 Å². The van der Waals surface area contributed by atoms with E-state index in [1.165, 1.54) is 28.3 Å². The molecule has 0 unspecified atom stereocenters. The summed E-state index contributed by atoms with van der Waals surface area (Å²) in [5.41, 5.74) is 1.70.